The Bertz CT molecular complexity index is 218. The van der Waals surface area contributed by atoms with E-state index < -0.39 is 0 Å². The number of methoxy groups -OCH3 is 1. The number of ether oxygens (including phenoxy) is 1. The fraction of sp³-hybridized carbons (Fsp3) is 0.923. The molecule has 0 spiro atoms. The summed E-state index contributed by atoms with van der Waals surface area (Å²) in [4.78, 5) is 11.4. The van der Waals surface area contributed by atoms with Gasteiger partial charge >= 0.3 is 0 Å². The monoisotopic (exact) mass is 227 g/mol. The van der Waals surface area contributed by atoms with Gasteiger partial charge in [-0.15, -0.1) is 0 Å². The Morgan fingerprint density at radius 3 is 2.88 bits per heavy atom. The minimum absolute atomic E-state index is 0.00589. The quantitative estimate of drug-likeness (QED) is 0.783. The molecule has 0 saturated heterocycles. The number of amides is 1. The van der Waals surface area contributed by atoms with E-state index in [1.807, 2.05) is 0 Å². The Morgan fingerprint density at radius 1 is 1.50 bits per heavy atom. The zero-order valence-electron chi connectivity index (χ0n) is 10.8. The van der Waals surface area contributed by atoms with Crippen LogP contribution in [0.2, 0.25) is 0 Å². The van der Waals surface area contributed by atoms with Gasteiger partial charge < -0.3 is 10.1 Å². The van der Waals surface area contributed by atoms with Crippen molar-refractivity contribution in [2.45, 2.75) is 52.1 Å². The lowest BCUT2D eigenvalue weighted by atomic mass is 9.81. The maximum absolute atomic E-state index is 11.4. The lowest BCUT2D eigenvalue weighted by molar-refractivity contribution is -0.130. The van der Waals surface area contributed by atoms with Crippen LogP contribution in [0.1, 0.15) is 46.0 Å². The Labute approximate surface area is 98.9 Å². The maximum Gasteiger partial charge on any atom is 0.248 e. The van der Waals surface area contributed by atoms with Crippen LogP contribution in [0.3, 0.4) is 0 Å². The summed E-state index contributed by atoms with van der Waals surface area (Å²) in [5, 5.41) is 2.93. The standard InChI is InChI=1S/C13H25NO2/c1-10-5-4-6-12(9-10)7-8-14-13(15)11(2)16-3/h10-12H,4-9H2,1-3H3,(H,14,15). The van der Waals surface area contributed by atoms with Crippen molar-refractivity contribution in [2.75, 3.05) is 13.7 Å². The van der Waals surface area contributed by atoms with E-state index >= 15 is 0 Å². The van der Waals surface area contributed by atoms with Crippen LogP contribution in [-0.2, 0) is 9.53 Å². The second-order valence-corrected chi connectivity index (χ2v) is 5.10. The van der Waals surface area contributed by atoms with Gasteiger partial charge in [0.2, 0.25) is 5.91 Å². The maximum atomic E-state index is 11.4. The van der Waals surface area contributed by atoms with Crippen molar-refractivity contribution in [3.63, 3.8) is 0 Å². The third kappa shape index (κ3) is 4.52. The highest BCUT2D eigenvalue weighted by atomic mass is 16.5. The molecule has 3 unspecified atom stereocenters. The largest absolute Gasteiger partial charge is 0.372 e. The van der Waals surface area contributed by atoms with E-state index in [9.17, 15) is 4.79 Å². The molecule has 0 aliphatic heterocycles. The van der Waals surface area contributed by atoms with E-state index in [1.54, 1.807) is 14.0 Å². The molecule has 1 N–H and O–H groups in total. The van der Waals surface area contributed by atoms with Crippen LogP contribution in [0.15, 0.2) is 0 Å². The number of rotatable bonds is 5. The Kier molecular flexibility index (Phi) is 5.81. The van der Waals surface area contributed by atoms with Crippen molar-refractivity contribution in [3.8, 4) is 0 Å². The lowest BCUT2D eigenvalue weighted by Gasteiger charge is -2.26. The second-order valence-electron chi connectivity index (χ2n) is 5.10. The van der Waals surface area contributed by atoms with Crippen LogP contribution >= 0.6 is 0 Å². The van der Waals surface area contributed by atoms with E-state index in [0.717, 1.165) is 24.8 Å². The summed E-state index contributed by atoms with van der Waals surface area (Å²) in [6, 6.07) is 0. The zero-order valence-corrected chi connectivity index (χ0v) is 10.8. The normalized spacial score (nSPS) is 27.4. The summed E-state index contributed by atoms with van der Waals surface area (Å²) in [6.07, 6.45) is 6.19. The molecule has 0 aromatic heterocycles. The van der Waals surface area contributed by atoms with Crippen LogP contribution in [0, 0.1) is 11.8 Å². The van der Waals surface area contributed by atoms with Gasteiger partial charge in [0.1, 0.15) is 6.10 Å². The van der Waals surface area contributed by atoms with E-state index in [0.29, 0.717) is 0 Å². The number of hydrogen-bond acceptors (Lipinski definition) is 2. The van der Waals surface area contributed by atoms with Gasteiger partial charge in [-0.3, -0.25) is 4.79 Å². The van der Waals surface area contributed by atoms with Crippen molar-refractivity contribution in [3.05, 3.63) is 0 Å². The lowest BCUT2D eigenvalue weighted by Crippen LogP contribution is -2.35. The van der Waals surface area contributed by atoms with E-state index in [4.69, 9.17) is 4.74 Å². The fourth-order valence-electron chi connectivity index (χ4n) is 2.47. The number of carbonyl (C=O) groups is 1. The van der Waals surface area contributed by atoms with Crippen molar-refractivity contribution >= 4 is 5.91 Å². The third-order valence-corrected chi connectivity index (χ3v) is 3.62. The molecule has 1 saturated carbocycles. The fourth-order valence-corrected chi connectivity index (χ4v) is 2.47. The second kappa shape index (κ2) is 6.89. The zero-order chi connectivity index (χ0) is 12.0. The molecule has 16 heavy (non-hydrogen) atoms. The van der Waals surface area contributed by atoms with Crippen molar-refractivity contribution < 1.29 is 9.53 Å². The molecule has 3 atom stereocenters. The highest BCUT2D eigenvalue weighted by molar-refractivity contribution is 5.80. The summed E-state index contributed by atoms with van der Waals surface area (Å²) in [5.74, 6) is 1.68. The van der Waals surface area contributed by atoms with Crippen molar-refractivity contribution in [1.82, 2.24) is 5.32 Å². The topological polar surface area (TPSA) is 38.3 Å². The van der Waals surface area contributed by atoms with Crippen LogP contribution < -0.4 is 5.32 Å². The molecule has 0 bridgehead atoms. The molecule has 1 rings (SSSR count). The minimum atomic E-state index is -0.328. The first-order valence-corrected chi connectivity index (χ1v) is 6.44. The average molecular weight is 227 g/mol. The van der Waals surface area contributed by atoms with Crippen LogP contribution in [0.25, 0.3) is 0 Å². The smallest absolute Gasteiger partial charge is 0.248 e. The first-order chi connectivity index (χ1) is 7.63. The van der Waals surface area contributed by atoms with Gasteiger partial charge in [0.05, 0.1) is 0 Å². The van der Waals surface area contributed by atoms with Crippen molar-refractivity contribution in [2.24, 2.45) is 11.8 Å². The number of carbonyl (C=O) groups excluding carboxylic acids is 1. The predicted molar refractivity (Wildman–Crippen MR) is 65.2 cm³/mol. The van der Waals surface area contributed by atoms with Gasteiger partial charge in [0.15, 0.2) is 0 Å². The van der Waals surface area contributed by atoms with Crippen LogP contribution in [-0.4, -0.2) is 25.7 Å². The third-order valence-electron chi connectivity index (χ3n) is 3.62. The molecule has 1 aliphatic rings. The van der Waals surface area contributed by atoms with E-state index in [2.05, 4.69) is 12.2 Å². The van der Waals surface area contributed by atoms with Gasteiger partial charge in [0.25, 0.3) is 0 Å². The predicted octanol–water partition coefficient (Wildman–Crippen LogP) is 2.35. The average Bonchev–Trinajstić information content (AvgIpc) is 2.28. The molecule has 3 nitrogen and oxygen atoms in total. The minimum Gasteiger partial charge on any atom is -0.372 e. The number of hydrogen-bond donors (Lipinski definition) is 1. The highest BCUT2D eigenvalue weighted by Crippen LogP contribution is 2.30. The molecular formula is C13H25NO2. The molecule has 1 aliphatic carbocycles. The van der Waals surface area contributed by atoms with E-state index in [-0.39, 0.29) is 12.0 Å². The summed E-state index contributed by atoms with van der Waals surface area (Å²) in [7, 11) is 1.56. The SMILES string of the molecule is COC(C)C(=O)NCCC1CCCC(C)C1. The first kappa shape index (κ1) is 13.5. The van der Waals surface area contributed by atoms with E-state index in [1.165, 1.54) is 25.7 Å². The molecule has 0 aromatic carbocycles. The van der Waals surface area contributed by atoms with Crippen molar-refractivity contribution in [1.29, 1.82) is 0 Å². The summed E-state index contributed by atoms with van der Waals surface area (Å²) < 4.78 is 4.96. The highest BCUT2D eigenvalue weighted by Gasteiger charge is 2.19. The van der Waals surface area contributed by atoms with Gasteiger partial charge in [-0.25, -0.2) is 0 Å². The molecule has 94 valence electrons. The summed E-state index contributed by atoms with van der Waals surface area (Å²) >= 11 is 0. The molecule has 3 heteroatoms. The molecule has 0 heterocycles. The van der Waals surface area contributed by atoms with Gasteiger partial charge in [-0.2, -0.15) is 0 Å². The summed E-state index contributed by atoms with van der Waals surface area (Å²) in [6.45, 7) is 4.90. The molecule has 1 fully saturated rings. The van der Waals surface area contributed by atoms with Gasteiger partial charge in [-0.1, -0.05) is 26.2 Å². The first-order valence-electron chi connectivity index (χ1n) is 6.44. The van der Waals surface area contributed by atoms with Gasteiger partial charge in [-0.05, 0) is 31.6 Å². The molecule has 0 radical (unpaired) electrons. The molecule has 1 amide bonds. The molecular weight excluding hydrogens is 202 g/mol. The van der Waals surface area contributed by atoms with Gasteiger partial charge in [0, 0.05) is 13.7 Å². The Balaban J connectivity index is 2.12. The van der Waals surface area contributed by atoms with Crippen LogP contribution in [0.5, 0.6) is 0 Å². The Hall–Kier alpha value is -0.570. The summed E-state index contributed by atoms with van der Waals surface area (Å²) in [5.41, 5.74) is 0. The number of nitrogens with one attached hydrogen (secondary N) is 1. The van der Waals surface area contributed by atoms with Crippen LogP contribution in [0.4, 0.5) is 0 Å². The molecule has 0 aromatic rings. The Morgan fingerprint density at radius 2 is 2.25 bits per heavy atom.